The van der Waals surface area contributed by atoms with Crippen LogP contribution in [0, 0.1) is 6.92 Å². The fourth-order valence-corrected chi connectivity index (χ4v) is 7.65. The molecular weight excluding hydrogens is 634 g/mol. The van der Waals surface area contributed by atoms with Gasteiger partial charge in [-0.05, 0) is 119 Å². The molecule has 0 aliphatic rings. The molecule has 0 N–H and O–H groups in total. The Kier molecular flexibility index (Phi) is 7.25. The second-order valence-electron chi connectivity index (χ2n) is 13.3. The van der Waals surface area contributed by atoms with Crippen molar-refractivity contribution < 1.29 is 13.2 Å². The molecule has 0 saturated heterocycles. The highest BCUT2D eigenvalue weighted by atomic mass is 19.4. The van der Waals surface area contributed by atoms with Crippen LogP contribution in [-0.2, 0) is 6.18 Å². The van der Waals surface area contributed by atoms with Crippen LogP contribution in [0.25, 0.3) is 87.6 Å². The largest absolute Gasteiger partial charge is 0.416 e. The fraction of sp³-hybridized carbons (Fsp3) is 0.0417. The number of aryl methyl sites for hydroxylation is 1. The summed E-state index contributed by atoms with van der Waals surface area (Å²) in [5.41, 5.74) is 8.91. The Morgan fingerprint density at radius 1 is 0.353 bits per heavy atom. The highest BCUT2D eigenvalue weighted by molar-refractivity contribution is 6.26. The summed E-state index contributed by atoms with van der Waals surface area (Å²) in [6.07, 6.45) is -4.40. The van der Waals surface area contributed by atoms with Crippen LogP contribution in [0.15, 0.2) is 170 Å². The molecule has 244 valence electrons. The summed E-state index contributed by atoms with van der Waals surface area (Å²) in [6.45, 7) is 2.10. The topological polar surface area (TPSA) is 0 Å². The molecular formula is C48H31F3. The minimum atomic E-state index is -4.40. The van der Waals surface area contributed by atoms with Crippen molar-refractivity contribution in [3.63, 3.8) is 0 Å². The summed E-state index contributed by atoms with van der Waals surface area (Å²) < 4.78 is 40.6. The molecule has 0 heterocycles. The van der Waals surface area contributed by atoms with E-state index in [2.05, 4.69) is 146 Å². The van der Waals surface area contributed by atoms with Crippen molar-refractivity contribution in [1.82, 2.24) is 0 Å². The first kappa shape index (κ1) is 30.8. The molecule has 0 spiro atoms. The second-order valence-corrected chi connectivity index (χ2v) is 13.3. The molecule has 0 unspecified atom stereocenters. The smallest absolute Gasteiger partial charge is 0.166 e. The molecule has 0 atom stereocenters. The van der Waals surface area contributed by atoms with Crippen LogP contribution >= 0.6 is 0 Å². The maximum absolute atomic E-state index is 13.5. The van der Waals surface area contributed by atoms with E-state index in [0.29, 0.717) is 0 Å². The van der Waals surface area contributed by atoms with E-state index < -0.39 is 11.7 Å². The molecule has 0 fully saturated rings. The van der Waals surface area contributed by atoms with E-state index in [4.69, 9.17) is 0 Å². The third kappa shape index (κ3) is 5.34. The molecule has 0 saturated carbocycles. The van der Waals surface area contributed by atoms with E-state index in [1.54, 1.807) is 12.1 Å². The molecule has 51 heavy (non-hydrogen) atoms. The zero-order valence-corrected chi connectivity index (χ0v) is 27.8. The molecule has 9 rings (SSSR count). The normalized spacial score (nSPS) is 11.9. The monoisotopic (exact) mass is 664 g/mol. The van der Waals surface area contributed by atoms with Crippen molar-refractivity contribution in [1.29, 1.82) is 0 Å². The first-order valence-electron chi connectivity index (χ1n) is 17.1. The minimum Gasteiger partial charge on any atom is -0.166 e. The van der Waals surface area contributed by atoms with Crippen LogP contribution < -0.4 is 0 Å². The van der Waals surface area contributed by atoms with Gasteiger partial charge in [0.15, 0.2) is 0 Å². The average Bonchev–Trinajstić information content (AvgIpc) is 3.16. The lowest BCUT2D eigenvalue weighted by atomic mass is 9.82. The van der Waals surface area contributed by atoms with Gasteiger partial charge in [-0.15, -0.1) is 0 Å². The third-order valence-corrected chi connectivity index (χ3v) is 10.2. The molecule has 0 radical (unpaired) electrons. The van der Waals surface area contributed by atoms with Gasteiger partial charge in [-0.3, -0.25) is 0 Å². The number of hydrogen-bond acceptors (Lipinski definition) is 0. The highest BCUT2D eigenvalue weighted by Gasteiger charge is 2.30. The van der Waals surface area contributed by atoms with Crippen LogP contribution in [0.3, 0.4) is 0 Å². The van der Waals surface area contributed by atoms with Crippen LogP contribution in [0.5, 0.6) is 0 Å². The maximum atomic E-state index is 13.5. The predicted octanol–water partition coefficient (Wildman–Crippen LogP) is 14.3. The van der Waals surface area contributed by atoms with Gasteiger partial charge in [0.05, 0.1) is 5.56 Å². The van der Waals surface area contributed by atoms with Crippen LogP contribution in [0.1, 0.15) is 11.1 Å². The Bertz CT molecular complexity index is 2760. The van der Waals surface area contributed by atoms with Crippen molar-refractivity contribution in [2.24, 2.45) is 0 Å². The van der Waals surface area contributed by atoms with Gasteiger partial charge < -0.3 is 0 Å². The Hall–Kier alpha value is -6.19. The molecule has 0 bridgehead atoms. The number of rotatable bonds is 4. The van der Waals surface area contributed by atoms with Gasteiger partial charge in [-0.1, -0.05) is 151 Å². The molecule has 3 heteroatoms. The Morgan fingerprint density at radius 3 is 1.24 bits per heavy atom. The minimum absolute atomic E-state index is 0.655. The van der Waals surface area contributed by atoms with Gasteiger partial charge in [0.25, 0.3) is 0 Å². The zero-order valence-electron chi connectivity index (χ0n) is 27.8. The molecule has 9 aromatic carbocycles. The molecule has 0 aromatic heterocycles. The van der Waals surface area contributed by atoms with Gasteiger partial charge in [0.2, 0.25) is 0 Å². The van der Waals surface area contributed by atoms with Gasteiger partial charge in [0.1, 0.15) is 0 Å². The second kappa shape index (κ2) is 12.0. The summed E-state index contributed by atoms with van der Waals surface area (Å²) in [6, 6.07) is 57.1. The number of hydrogen-bond donors (Lipinski definition) is 0. The quantitative estimate of drug-likeness (QED) is 0.164. The summed E-state index contributed by atoms with van der Waals surface area (Å²) in [4.78, 5) is 0. The van der Waals surface area contributed by atoms with Gasteiger partial charge in [-0.25, -0.2) is 0 Å². The predicted molar refractivity (Wildman–Crippen MR) is 208 cm³/mol. The van der Waals surface area contributed by atoms with Gasteiger partial charge >= 0.3 is 6.18 Å². The summed E-state index contributed by atoms with van der Waals surface area (Å²) in [5.74, 6) is 0. The molecule has 9 aromatic rings. The van der Waals surface area contributed by atoms with E-state index in [1.165, 1.54) is 17.7 Å². The first-order chi connectivity index (χ1) is 24.8. The van der Waals surface area contributed by atoms with Crippen LogP contribution in [0.4, 0.5) is 13.2 Å². The summed E-state index contributed by atoms with van der Waals surface area (Å²) in [5, 5.41) is 8.98. The van der Waals surface area contributed by atoms with Gasteiger partial charge in [-0.2, -0.15) is 13.2 Å². The first-order valence-corrected chi connectivity index (χ1v) is 17.1. The van der Waals surface area contributed by atoms with E-state index in [9.17, 15) is 13.2 Å². The van der Waals surface area contributed by atoms with E-state index >= 15 is 0 Å². The number of halogens is 3. The van der Waals surface area contributed by atoms with Crippen molar-refractivity contribution >= 4 is 43.1 Å². The van der Waals surface area contributed by atoms with Crippen molar-refractivity contribution in [3.8, 4) is 44.5 Å². The van der Waals surface area contributed by atoms with Crippen molar-refractivity contribution in [2.45, 2.75) is 13.1 Å². The molecule has 0 aliphatic heterocycles. The number of fused-ring (bicyclic) bond motifs is 4. The third-order valence-electron chi connectivity index (χ3n) is 10.2. The maximum Gasteiger partial charge on any atom is 0.416 e. The average molecular weight is 665 g/mol. The van der Waals surface area contributed by atoms with E-state index in [-0.39, 0.29) is 0 Å². The molecule has 0 nitrogen and oxygen atoms in total. The van der Waals surface area contributed by atoms with Crippen molar-refractivity contribution in [2.75, 3.05) is 0 Å². The summed E-state index contributed by atoms with van der Waals surface area (Å²) >= 11 is 0. The van der Waals surface area contributed by atoms with Gasteiger partial charge in [0, 0.05) is 0 Å². The summed E-state index contributed by atoms with van der Waals surface area (Å²) in [7, 11) is 0. The molecule has 0 aliphatic carbocycles. The van der Waals surface area contributed by atoms with E-state index in [1.807, 2.05) is 6.07 Å². The SMILES string of the molecule is Cc1ccc(-c2ccc3c(-c4cccc5ccccc45)c4cc(-c5ccc(C(F)(F)F)cc5)ccc4c(-c4cccc5ccccc45)c3c2)cc1. The zero-order chi connectivity index (χ0) is 34.7. The van der Waals surface area contributed by atoms with Crippen LogP contribution in [-0.4, -0.2) is 0 Å². The van der Waals surface area contributed by atoms with E-state index in [0.717, 1.165) is 87.6 Å². The Morgan fingerprint density at radius 2 is 0.765 bits per heavy atom. The lowest BCUT2D eigenvalue weighted by Crippen LogP contribution is -2.03. The number of benzene rings is 9. The number of alkyl halides is 3. The Balaban J connectivity index is 1.44. The highest BCUT2D eigenvalue weighted by Crippen LogP contribution is 2.48. The fourth-order valence-electron chi connectivity index (χ4n) is 7.65. The van der Waals surface area contributed by atoms with Crippen LogP contribution in [0.2, 0.25) is 0 Å². The lowest BCUT2D eigenvalue weighted by Gasteiger charge is -2.21. The molecule has 0 amide bonds. The standard InChI is InChI=1S/C48H31F3/c1-30-16-18-31(19-17-30)35-22-26-42-44(28-35)46(40-14-6-10-33-8-2-4-12-38(33)40)43-27-23-36(32-20-24-37(25-21-32)48(49,50)51)29-45(43)47(42)41-15-7-11-34-9-3-5-13-39(34)41/h2-29H,1H3. The lowest BCUT2D eigenvalue weighted by molar-refractivity contribution is -0.137. The Labute approximate surface area is 294 Å². The van der Waals surface area contributed by atoms with Crippen molar-refractivity contribution in [3.05, 3.63) is 181 Å².